The van der Waals surface area contributed by atoms with Gasteiger partial charge in [0.25, 0.3) is 5.88 Å². The zero-order valence-electron chi connectivity index (χ0n) is 12.9. The number of methoxy groups -OCH3 is 1. The summed E-state index contributed by atoms with van der Waals surface area (Å²) in [5.41, 5.74) is 0.0530. The van der Waals surface area contributed by atoms with Crippen molar-refractivity contribution in [3.63, 3.8) is 0 Å². The molecule has 0 unspecified atom stereocenters. The van der Waals surface area contributed by atoms with E-state index in [9.17, 15) is 18.0 Å². The quantitative estimate of drug-likeness (QED) is 0.514. The van der Waals surface area contributed by atoms with Gasteiger partial charge in [0, 0.05) is 5.56 Å². The van der Waals surface area contributed by atoms with E-state index in [-0.39, 0.29) is 22.8 Å². The molecule has 1 aromatic carbocycles. The zero-order chi connectivity index (χ0) is 18.1. The minimum atomic E-state index is -4.44. The van der Waals surface area contributed by atoms with Crippen LogP contribution in [-0.2, 0) is 10.9 Å². The fourth-order valence-electron chi connectivity index (χ4n) is 1.94. The molecule has 2 rings (SSSR count). The largest absolute Gasteiger partial charge is 0.465 e. The molecule has 2 aromatic rings. The number of aromatic nitrogens is 2. The van der Waals surface area contributed by atoms with Crippen molar-refractivity contribution in [2.45, 2.75) is 20.0 Å². The van der Waals surface area contributed by atoms with E-state index in [0.29, 0.717) is 9.26 Å². The van der Waals surface area contributed by atoms with Crippen LogP contribution in [0.5, 0.6) is 11.6 Å². The number of nitrogens with zero attached hydrogens (tertiary/aromatic N) is 2. The molecule has 0 spiro atoms. The summed E-state index contributed by atoms with van der Waals surface area (Å²) in [6, 6.07) is 3.03. The monoisotopic (exact) mass is 452 g/mol. The first-order valence-electron chi connectivity index (χ1n) is 6.62. The highest BCUT2D eigenvalue weighted by Gasteiger charge is 2.31. The van der Waals surface area contributed by atoms with Crippen LogP contribution >= 0.6 is 22.6 Å². The van der Waals surface area contributed by atoms with Crippen molar-refractivity contribution in [3.8, 4) is 11.6 Å². The first-order chi connectivity index (χ1) is 11.1. The molecule has 0 aliphatic heterocycles. The molecular weight excluding hydrogens is 440 g/mol. The van der Waals surface area contributed by atoms with Gasteiger partial charge >= 0.3 is 12.1 Å². The second kappa shape index (κ2) is 6.91. The van der Waals surface area contributed by atoms with E-state index in [1.165, 1.54) is 20.1 Å². The highest BCUT2D eigenvalue weighted by molar-refractivity contribution is 14.1. The van der Waals surface area contributed by atoms with Crippen LogP contribution in [0.3, 0.4) is 0 Å². The highest BCUT2D eigenvalue weighted by Crippen LogP contribution is 2.34. The van der Waals surface area contributed by atoms with Crippen molar-refractivity contribution >= 4 is 28.6 Å². The van der Waals surface area contributed by atoms with Crippen molar-refractivity contribution in [2.24, 2.45) is 0 Å². The van der Waals surface area contributed by atoms with Crippen LogP contribution in [0.15, 0.2) is 18.2 Å². The maximum Gasteiger partial charge on any atom is 0.416 e. The Morgan fingerprint density at radius 1 is 1.21 bits per heavy atom. The maximum absolute atomic E-state index is 12.7. The lowest BCUT2D eigenvalue weighted by Gasteiger charge is -2.14. The fourth-order valence-corrected chi connectivity index (χ4v) is 2.31. The number of ether oxygens (including phenoxy) is 2. The Morgan fingerprint density at radius 3 is 2.42 bits per heavy atom. The van der Waals surface area contributed by atoms with E-state index < -0.39 is 17.7 Å². The SMILES string of the molecule is COC(=O)c1c(Oc2ccc(C(F)(F)F)cc2C)nnc(I)c1C. The molecule has 0 fully saturated rings. The van der Waals surface area contributed by atoms with E-state index in [2.05, 4.69) is 10.2 Å². The summed E-state index contributed by atoms with van der Waals surface area (Å²) in [4.78, 5) is 11.9. The van der Waals surface area contributed by atoms with Gasteiger partial charge in [-0.3, -0.25) is 0 Å². The number of carbonyl (C=O) groups is 1. The Morgan fingerprint density at radius 2 is 1.88 bits per heavy atom. The molecule has 1 aromatic heterocycles. The molecule has 1 heterocycles. The number of alkyl halides is 3. The first kappa shape index (κ1) is 18.4. The average molecular weight is 452 g/mol. The third kappa shape index (κ3) is 3.77. The molecule has 0 amide bonds. The topological polar surface area (TPSA) is 61.3 Å². The molecule has 0 aliphatic carbocycles. The second-order valence-corrected chi connectivity index (χ2v) is 5.89. The standard InChI is InChI=1S/C15H12F3IN2O3/c1-7-6-9(15(16,17)18)4-5-10(7)24-13-11(14(22)23-3)8(2)12(19)20-21-13/h4-6H,1-3H3. The summed E-state index contributed by atoms with van der Waals surface area (Å²) in [6.45, 7) is 3.12. The van der Waals surface area contributed by atoms with Crippen LogP contribution in [0, 0.1) is 17.5 Å². The number of esters is 1. The van der Waals surface area contributed by atoms with Crippen molar-refractivity contribution in [3.05, 3.63) is 44.2 Å². The number of carbonyl (C=O) groups excluding carboxylic acids is 1. The minimum absolute atomic E-state index is 0.0798. The number of halogens is 4. The van der Waals surface area contributed by atoms with Gasteiger partial charge in [-0.1, -0.05) is 0 Å². The van der Waals surface area contributed by atoms with Crippen LogP contribution in [-0.4, -0.2) is 23.3 Å². The molecule has 0 radical (unpaired) electrons. The van der Waals surface area contributed by atoms with Crippen LogP contribution in [0.1, 0.15) is 27.0 Å². The number of hydrogen-bond donors (Lipinski definition) is 0. The summed E-state index contributed by atoms with van der Waals surface area (Å²) < 4.78 is 48.9. The van der Waals surface area contributed by atoms with Gasteiger partial charge in [0.15, 0.2) is 0 Å². The average Bonchev–Trinajstić information content (AvgIpc) is 2.51. The molecule has 0 aliphatic rings. The Balaban J connectivity index is 2.46. The summed E-state index contributed by atoms with van der Waals surface area (Å²) in [5.74, 6) is -0.648. The normalized spacial score (nSPS) is 11.3. The smallest absolute Gasteiger partial charge is 0.416 e. The molecule has 0 saturated heterocycles. The van der Waals surface area contributed by atoms with Crippen LogP contribution in [0.25, 0.3) is 0 Å². The lowest BCUT2D eigenvalue weighted by molar-refractivity contribution is -0.137. The number of aryl methyl sites for hydroxylation is 1. The minimum Gasteiger partial charge on any atom is -0.465 e. The van der Waals surface area contributed by atoms with Crippen LogP contribution in [0.4, 0.5) is 13.2 Å². The van der Waals surface area contributed by atoms with E-state index >= 15 is 0 Å². The zero-order valence-corrected chi connectivity index (χ0v) is 15.0. The van der Waals surface area contributed by atoms with Crippen LogP contribution in [0.2, 0.25) is 0 Å². The summed E-state index contributed by atoms with van der Waals surface area (Å²) in [7, 11) is 1.21. The molecular formula is C15H12F3IN2O3. The van der Waals surface area contributed by atoms with Gasteiger partial charge < -0.3 is 9.47 Å². The van der Waals surface area contributed by atoms with Crippen molar-refractivity contribution in [1.29, 1.82) is 0 Å². The Bertz CT molecular complexity index is 794. The number of benzene rings is 1. The highest BCUT2D eigenvalue weighted by atomic mass is 127. The van der Waals surface area contributed by atoms with Crippen molar-refractivity contribution in [2.75, 3.05) is 7.11 Å². The molecule has 0 bridgehead atoms. The predicted molar refractivity (Wildman–Crippen MR) is 87.1 cm³/mol. The molecule has 9 heteroatoms. The summed E-state index contributed by atoms with van der Waals surface area (Å²) in [5, 5.41) is 7.68. The molecule has 24 heavy (non-hydrogen) atoms. The second-order valence-electron chi connectivity index (χ2n) is 4.87. The van der Waals surface area contributed by atoms with E-state index in [0.717, 1.165) is 12.1 Å². The van der Waals surface area contributed by atoms with Gasteiger partial charge in [-0.05, 0) is 60.2 Å². The third-order valence-corrected chi connectivity index (χ3v) is 4.25. The van der Waals surface area contributed by atoms with E-state index in [1.807, 2.05) is 22.6 Å². The first-order valence-corrected chi connectivity index (χ1v) is 7.69. The lowest BCUT2D eigenvalue weighted by Crippen LogP contribution is -2.11. The van der Waals surface area contributed by atoms with Crippen molar-refractivity contribution < 1.29 is 27.4 Å². The lowest BCUT2D eigenvalue weighted by atomic mass is 10.1. The van der Waals surface area contributed by atoms with E-state index in [1.54, 1.807) is 6.92 Å². The maximum atomic E-state index is 12.7. The van der Waals surface area contributed by atoms with Gasteiger partial charge in [0.2, 0.25) is 0 Å². The molecule has 0 N–H and O–H groups in total. The van der Waals surface area contributed by atoms with Gasteiger partial charge in [-0.15, -0.1) is 10.2 Å². The van der Waals surface area contributed by atoms with Gasteiger partial charge in [-0.25, -0.2) is 4.79 Å². The molecule has 0 saturated carbocycles. The van der Waals surface area contributed by atoms with Crippen LogP contribution < -0.4 is 4.74 Å². The number of hydrogen-bond acceptors (Lipinski definition) is 5. The Hall–Kier alpha value is -1.91. The van der Waals surface area contributed by atoms with Gasteiger partial charge in [0.05, 0.1) is 12.7 Å². The van der Waals surface area contributed by atoms with Gasteiger partial charge in [0.1, 0.15) is 15.0 Å². The predicted octanol–water partition coefficient (Wildman–Crippen LogP) is 4.30. The molecule has 128 valence electrons. The van der Waals surface area contributed by atoms with E-state index in [4.69, 9.17) is 9.47 Å². The number of rotatable bonds is 3. The third-order valence-electron chi connectivity index (χ3n) is 3.23. The van der Waals surface area contributed by atoms with Gasteiger partial charge in [-0.2, -0.15) is 13.2 Å². The Kier molecular flexibility index (Phi) is 5.31. The summed E-state index contributed by atoms with van der Waals surface area (Å²) >= 11 is 1.91. The molecule has 0 atom stereocenters. The Labute approximate surface area is 149 Å². The fraction of sp³-hybridized carbons (Fsp3) is 0.267. The van der Waals surface area contributed by atoms with Crippen molar-refractivity contribution in [1.82, 2.24) is 10.2 Å². The molecule has 5 nitrogen and oxygen atoms in total. The summed E-state index contributed by atoms with van der Waals surface area (Å²) in [6.07, 6.45) is -4.44.